The highest BCUT2D eigenvalue weighted by Crippen LogP contribution is 2.50. The quantitative estimate of drug-likeness (QED) is 0.160. The lowest BCUT2D eigenvalue weighted by atomic mass is 9.87. The lowest BCUT2D eigenvalue weighted by Gasteiger charge is -2.26. The number of aromatic nitrogens is 3. The summed E-state index contributed by atoms with van der Waals surface area (Å²) in [7, 11) is 0. The number of benzene rings is 9. The maximum Gasteiger partial charge on any atom is 0.147 e. The number of pyridine rings is 1. The summed E-state index contributed by atoms with van der Waals surface area (Å²) in [5, 5.41) is 26.2. The van der Waals surface area contributed by atoms with Crippen LogP contribution in [-0.4, -0.2) is 14.1 Å². The Kier molecular flexibility index (Phi) is 9.19. The van der Waals surface area contributed by atoms with Crippen LogP contribution in [0, 0.1) is 22.7 Å². The van der Waals surface area contributed by atoms with Crippen molar-refractivity contribution >= 4 is 43.6 Å². The molecule has 0 aliphatic rings. The molecule has 0 unspecified atom stereocenters. The van der Waals surface area contributed by atoms with E-state index in [1.165, 1.54) is 0 Å². The number of rotatable bonds is 7. The van der Waals surface area contributed by atoms with Gasteiger partial charge in [0.2, 0.25) is 0 Å². The maximum absolute atomic E-state index is 11.2. The molecule has 0 aliphatic heterocycles. The van der Waals surface area contributed by atoms with Gasteiger partial charge in [-0.1, -0.05) is 182 Å². The second-order valence-corrected chi connectivity index (χ2v) is 16.5. The molecular weight excluding hydrogens is 803 g/mol. The van der Waals surface area contributed by atoms with Crippen molar-refractivity contribution in [1.82, 2.24) is 14.1 Å². The molecule has 0 saturated heterocycles. The zero-order chi connectivity index (χ0) is 44.1. The summed E-state index contributed by atoms with van der Waals surface area (Å²) in [5.41, 5.74) is 14.7. The summed E-state index contributed by atoms with van der Waals surface area (Å²) in [6, 6.07) is 82.5. The van der Waals surface area contributed by atoms with Gasteiger partial charge in [-0.05, 0) is 70.3 Å². The predicted molar refractivity (Wildman–Crippen MR) is 270 cm³/mol. The van der Waals surface area contributed by atoms with E-state index in [1.807, 2.05) is 60.7 Å². The van der Waals surface area contributed by atoms with E-state index in [9.17, 15) is 10.5 Å². The molecule has 0 aliphatic carbocycles. The highest BCUT2D eigenvalue weighted by Gasteiger charge is 2.31. The molecular formula is C61H37N5. The largest absolute Gasteiger partial charge is 0.306 e. The van der Waals surface area contributed by atoms with E-state index in [-0.39, 0.29) is 0 Å². The SMILES string of the molecule is N#Cc1cccc(-c2c(-c3ccccc3)c(-n3c4ccccc4c4cc(-c5ccccc5)ccc43)nc(-c3ccccc3)c2-n2c3ccccc3c3cc(-c4ccccc4)ccc32)c1C#N. The number of hydrogen-bond acceptors (Lipinski definition) is 3. The number of nitriles is 2. The topological polar surface area (TPSA) is 70.3 Å². The number of hydrogen-bond donors (Lipinski definition) is 0. The third-order valence-electron chi connectivity index (χ3n) is 12.8. The van der Waals surface area contributed by atoms with Gasteiger partial charge in [-0.3, -0.25) is 4.57 Å². The Morgan fingerprint density at radius 1 is 0.348 bits per heavy atom. The molecule has 306 valence electrons. The van der Waals surface area contributed by atoms with Crippen LogP contribution in [0.15, 0.2) is 224 Å². The molecule has 5 heteroatoms. The van der Waals surface area contributed by atoms with Crippen molar-refractivity contribution in [3.63, 3.8) is 0 Å². The first-order valence-electron chi connectivity index (χ1n) is 22.0. The fraction of sp³-hybridized carbons (Fsp3) is 0. The van der Waals surface area contributed by atoms with Crippen LogP contribution in [0.2, 0.25) is 0 Å². The van der Waals surface area contributed by atoms with Gasteiger partial charge in [0.15, 0.2) is 0 Å². The van der Waals surface area contributed by atoms with Gasteiger partial charge >= 0.3 is 0 Å². The lowest BCUT2D eigenvalue weighted by Crippen LogP contribution is -2.11. The van der Waals surface area contributed by atoms with Crippen LogP contribution in [0.25, 0.3) is 111 Å². The molecule has 0 bridgehead atoms. The van der Waals surface area contributed by atoms with E-state index in [1.54, 1.807) is 6.07 Å². The Hall–Kier alpha value is -9.29. The molecule has 0 radical (unpaired) electrons. The Labute approximate surface area is 381 Å². The van der Waals surface area contributed by atoms with Crippen molar-refractivity contribution in [2.75, 3.05) is 0 Å². The summed E-state index contributed by atoms with van der Waals surface area (Å²) in [5.74, 6) is 0.704. The van der Waals surface area contributed by atoms with Crippen molar-refractivity contribution in [3.8, 4) is 79.4 Å². The van der Waals surface area contributed by atoms with Crippen molar-refractivity contribution in [1.29, 1.82) is 10.5 Å². The van der Waals surface area contributed by atoms with E-state index in [4.69, 9.17) is 4.98 Å². The lowest BCUT2D eigenvalue weighted by molar-refractivity contribution is 1.06. The molecule has 0 atom stereocenters. The van der Waals surface area contributed by atoms with Crippen LogP contribution >= 0.6 is 0 Å². The number of nitrogens with zero attached hydrogens (tertiary/aromatic N) is 5. The van der Waals surface area contributed by atoms with E-state index in [0.29, 0.717) is 22.5 Å². The zero-order valence-electron chi connectivity index (χ0n) is 35.6. The highest BCUT2D eigenvalue weighted by molar-refractivity contribution is 6.14. The van der Waals surface area contributed by atoms with Crippen molar-refractivity contribution in [2.24, 2.45) is 0 Å². The second kappa shape index (κ2) is 15.8. The van der Waals surface area contributed by atoms with Crippen molar-refractivity contribution in [3.05, 3.63) is 236 Å². The van der Waals surface area contributed by atoms with Crippen LogP contribution < -0.4 is 0 Å². The average molecular weight is 840 g/mol. The number of fused-ring (bicyclic) bond motifs is 6. The molecule has 0 spiro atoms. The van der Waals surface area contributed by atoms with Crippen molar-refractivity contribution in [2.45, 2.75) is 0 Å². The Morgan fingerprint density at radius 2 is 0.818 bits per heavy atom. The fourth-order valence-electron chi connectivity index (χ4n) is 9.89. The molecule has 12 rings (SSSR count). The first-order valence-corrected chi connectivity index (χ1v) is 22.0. The van der Waals surface area contributed by atoms with Gasteiger partial charge in [-0.2, -0.15) is 10.5 Å². The second-order valence-electron chi connectivity index (χ2n) is 16.5. The van der Waals surface area contributed by atoms with Gasteiger partial charge in [0.1, 0.15) is 18.0 Å². The Morgan fingerprint density at radius 3 is 1.36 bits per heavy atom. The minimum absolute atomic E-state index is 0.302. The molecule has 0 fully saturated rings. The molecule has 0 saturated carbocycles. The smallest absolute Gasteiger partial charge is 0.147 e. The predicted octanol–water partition coefficient (Wildman–Crippen LogP) is 15.4. The Balaban J connectivity index is 1.31. The summed E-state index contributed by atoms with van der Waals surface area (Å²) in [6.45, 7) is 0. The van der Waals surface area contributed by atoms with Gasteiger partial charge in [-0.25, -0.2) is 4.98 Å². The highest BCUT2D eigenvalue weighted by atomic mass is 15.1. The van der Waals surface area contributed by atoms with Gasteiger partial charge in [-0.15, -0.1) is 0 Å². The monoisotopic (exact) mass is 839 g/mol. The van der Waals surface area contributed by atoms with Gasteiger partial charge < -0.3 is 4.57 Å². The summed E-state index contributed by atoms with van der Waals surface area (Å²) >= 11 is 0. The van der Waals surface area contributed by atoms with Gasteiger partial charge in [0, 0.05) is 43.8 Å². The van der Waals surface area contributed by atoms with E-state index >= 15 is 0 Å². The average Bonchev–Trinajstić information content (AvgIpc) is 3.90. The molecule has 3 heterocycles. The van der Waals surface area contributed by atoms with Crippen LogP contribution in [0.4, 0.5) is 0 Å². The Bertz CT molecular complexity index is 3930. The maximum atomic E-state index is 11.2. The van der Waals surface area contributed by atoms with Crippen LogP contribution in [0.1, 0.15) is 11.1 Å². The molecule has 66 heavy (non-hydrogen) atoms. The fourth-order valence-corrected chi connectivity index (χ4v) is 9.89. The van der Waals surface area contributed by atoms with Crippen LogP contribution in [-0.2, 0) is 0 Å². The molecule has 9 aromatic carbocycles. The first kappa shape index (κ1) is 38.4. The zero-order valence-corrected chi connectivity index (χ0v) is 35.6. The third-order valence-corrected chi connectivity index (χ3v) is 12.8. The number of para-hydroxylation sites is 2. The van der Waals surface area contributed by atoms with Crippen molar-refractivity contribution < 1.29 is 0 Å². The van der Waals surface area contributed by atoms with Crippen LogP contribution in [0.5, 0.6) is 0 Å². The molecule has 5 nitrogen and oxygen atoms in total. The molecule has 0 amide bonds. The summed E-state index contributed by atoms with van der Waals surface area (Å²) in [6.07, 6.45) is 0. The third kappa shape index (κ3) is 6.11. The van der Waals surface area contributed by atoms with E-state index in [0.717, 1.165) is 99.5 Å². The summed E-state index contributed by atoms with van der Waals surface area (Å²) < 4.78 is 4.62. The van der Waals surface area contributed by atoms with Gasteiger partial charge in [0.25, 0.3) is 0 Å². The minimum Gasteiger partial charge on any atom is -0.306 e. The molecule has 12 aromatic rings. The summed E-state index contributed by atoms with van der Waals surface area (Å²) in [4.78, 5) is 5.96. The van der Waals surface area contributed by atoms with Gasteiger partial charge in [0.05, 0.1) is 44.6 Å². The molecule has 3 aromatic heterocycles. The minimum atomic E-state index is 0.302. The van der Waals surface area contributed by atoms with E-state index < -0.39 is 0 Å². The normalized spacial score (nSPS) is 11.3. The van der Waals surface area contributed by atoms with Crippen LogP contribution in [0.3, 0.4) is 0 Å². The molecule has 0 N–H and O–H groups in total. The standard InChI is InChI=1S/C61H37N5/c62-38-46-26-17-29-49(52(46)39-63)58-57(42-22-9-3-10-23-42)61(66-54-31-16-14-28-48(54)51-37-45(33-35-56(51)66)41-20-7-2-8-21-41)64-59(43-24-11-4-12-25-43)60(58)65-53-30-15-13-27-47(53)50-36-44(32-34-55(50)65)40-18-5-1-6-19-40/h1-37H. The van der Waals surface area contributed by atoms with E-state index in [2.05, 4.69) is 179 Å². The first-order chi connectivity index (χ1) is 32.7.